The molecule has 2 aliphatic heterocycles. The highest BCUT2D eigenvalue weighted by Crippen LogP contribution is 2.52. The van der Waals surface area contributed by atoms with Crippen LogP contribution in [0.3, 0.4) is 0 Å². The van der Waals surface area contributed by atoms with E-state index in [1.165, 1.54) is 99.3 Å². The summed E-state index contributed by atoms with van der Waals surface area (Å²) in [5, 5.41) is 6.18. The van der Waals surface area contributed by atoms with Gasteiger partial charge in [-0.25, -0.2) is 0 Å². The average Bonchev–Trinajstić information content (AvgIpc) is 4.00. The zero-order valence-corrected chi connectivity index (χ0v) is 43.3. The molecule has 0 radical (unpaired) electrons. The van der Waals surface area contributed by atoms with Crippen molar-refractivity contribution in [2.75, 3.05) is 4.90 Å². The molecule has 0 amide bonds. The zero-order valence-electron chi connectivity index (χ0n) is 43.3. The molecule has 0 spiro atoms. The molecule has 71 heavy (non-hydrogen) atoms. The topological polar surface area (TPSA) is 26.2 Å². The number of benzene rings is 8. The number of nitrogens with zero attached hydrogens (tertiary/aromatic N) is 3. The van der Waals surface area contributed by atoms with Crippen LogP contribution >= 0.6 is 0 Å². The van der Waals surface area contributed by atoms with Gasteiger partial charge in [-0.05, 0) is 133 Å². The first-order valence-electron chi connectivity index (χ1n) is 25.6. The normalized spacial score (nSPS) is 13.9. The molecule has 3 aromatic heterocycles. The van der Waals surface area contributed by atoms with Crippen LogP contribution in [0.25, 0.3) is 82.5 Å². The second-order valence-corrected chi connectivity index (χ2v) is 24.7. The lowest BCUT2D eigenvalue weighted by atomic mass is 9.47. The van der Waals surface area contributed by atoms with Gasteiger partial charge in [0.15, 0.2) is 0 Å². The Morgan fingerprint density at radius 1 is 0.423 bits per heavy atom. The molecule has 2 aliphatic rings. The Labute approximate surface area is 418 Å². The maximum atomic E-state index is 7.52. The lowest BCUT2D eigenvalue weighted by Crippen LogP contribution is -2.56. The second kappa shape index (κ2) is 14.7. The molecular formula is C66H62BN3O. The minimum absolute atomic E-state index is 0.00810. The van der Waals surface area contributed by atoms with E-state index < -0.39 is 0 Å². The van der Waals surface area contributed by atoms with Crippen LogP contribution in [0.4, 0.5) is 17.1 Å². The van der Waals surface area contributed by atoms with Gasteiger partial charge in [-0.1, -0.05) is 174 Å². The highest BCUT2D eigenvalue weighted by molar-refractivity contribution is 6.89. The van der Waals surface area contributed by atoms with Crippen molar-refractivity contribution in [3.05, 3.63) is 180 Å². The van der Waals surface area contributed by atoms with Crippen LogP contribution in [0, 0.1) is 0 Å². The molecule has 5 heteroatoms. The summed E-state index contributed by atoms with van der Waals surface area (Å²) in [5.74, 6) is 0. The maximum absolute atomic E-state index is 7.52. The van der Waals surface area contributed by atoms with Gasteiger partial charge in [0, 0.05) is 60.6 Å². The Kier molecular flexibility index (Phi) is 9.04. The summed E-state index contributed by atoms with van der Waals surface area (Å²) in [7, 11) is 0. The summed E-state index contributed by atoms with van der Waals surface area (Å²) >= 11 is 0. The molecule has 5 heterocycles. The van der Waals surface area contributed by atoms with E-state index in [9.17, 15) is 0 Å². The first-order valence-corrected chi connectivity index (χ1v) is 25.6. The van der Waals surface area contributed by atoms with Gasteiger partial charge in [-0.3, -0.25) is 0 Å². The Bertz CT molecular complexity index is 4000. The number of para-hydroxylation sites is 2. The summed E-state index contributed by atoms with van der Waals surface area (Å²) in [4.78, 5) is 2.55. The SMILES string of the molecule is CC(C)(C)c1ccc(-c2ccc3oc4c(c3c2)N(c2ccc(C(C)(C)C)cc2)c2cc(C(C)(C)C)cc3c2B4n2c4ccc(C(C)(C)C)cc4c4c2c-3cc2c3ccccc3n(-c3ccccc3)c24)cc1. The summed E-state index contributed by atoms with van der Waals surface area (Å²) in [6, 6.07) is 60.2. The standard InChI is InChI=1S/C66H62BN3O/c1-63(2,3)41-25-22-39(23-26-41)40-24-33-56-52(34-40)61-62(71-56)67-58-48(36-44(66(10,11)12)37-55(58)69(61)46-30-27-42(28-31-46)64(4,5)6)50-38-49-47-20-16-17-21-53(47)68(45-18-14-13-15-19-45)59(49)57-51-35-43(65(7,8)9)29-32-54(51)70(67)60(50)57/h13-38H,1-12H3. The van der Waals surface area contributed by atoms with Gasteiger partial charge in [0.05, 0.1) is 16.7 Å². The molecular weight excluding hydrogens is 862 g/mol. The van der Waals surface area contributed by atoms with Crippen LogP contribution in [-0.4, -0.2) is 15.9 Å². The summed E-state index contributed by atoms with van der Waals surface area (Å²) in [6.07, 6.45) is 0. The highest BCUT2D eigenvalue weighted by atomic mass is 16.3. The first kappa shape index (κ1) is 43.8. The lowest BCUT2D eigenvalue weighted by Gasteiger charge is -2.39. The van der Waals surface area contributed by atoms with E-state index in [1.54, 1.807) is 0 Å². The Morgan fingerprint density at radius 2 is 1.04 bits per heavy atom. The van der Waals surface area contributed by atoms with Gasteiger partial charge >= 0.3 is 6.85 Å². The number of hydrogen-bond acceptors (Lipinski definition) is 2. The Balaban J connectivity index is 1.21. The summed E-state index contributed by atoms with van der Waals surface area (Å²) in [5.41, 5.74) is 22.7. The largest absolute Gasteiger partial charge is 0.466 e. The predicted molar refractivity (Wildman–Crippen MR) is 304 cm³/mol. The number of furan rings is 1. The molecule has 0 aliphatic carbocycles. The van der Waals surface area contributed by atoms with Crippen molar-refractivity contribution in [2.45, 2.75) is 105 Å². The lowest BCUT2D eigenvalue weighted by molar-refractivity contribution is 0.590. The highest BCUT2D eigenvalue weighted by Gasteiger charge is 2.47. The van der Waals surface area contributed by atoms with E-state index in [1.807, 2.05) is 0 Å². The quantitative estimate of drug-likeness (QED) is 0.165. The first-order chi connectivity index (χ1) is 33.8. The van der Waals surface area contributed by atoms with Gasteiger partial charge in [-0.15, -0.1) is 0 Å². The average molecular weight is 924 g/mol. The molecule has 0 bridgehead atoms. The number of anilines is 3. The third-order valence-electron chi connectivity index (χ3n) is 15.9. The van der Waals surface area contributed by atoms with Crippen LogP contribution in [0.2, 0.25) is 0 Å². The molecule has 0 saturated heterocycles. The van der Waals surface area contributed by atoms with Crippen LogP contribution in [-0.2, 0) is 21.7 Å². The van der Waals surface area contributed by atoms with Crippen LogP contribution in [0.15, 0.2) is 162 Å². The van der Waals surface area contributed by atoms with Gasteiger partial charge in [0.1, 0.15) is 11.2 Å². The van der Waals surface area contributed by atoms with E-state index in [0.717, 1.165) is 33.7 Å². The molecule has 0 N–H and O–H groups in total. The molecule has 0 fully saturated rings. The molecule has 13 rings (SSSR count). The number of hydrogen-bond donors (Lipinski definition) is 0. The predicted octanol–water partition coefficient (Wildman–Crippen LogP) is 16.9. The van der Waals surface area contributed by atoms with Gasteiger partial charge in [0.25, 0.3) is 0 Å². The van der Waals surface area contributed by atoms with Crippen molar-refractivity contribution in [3.8, 4) is 27.9 Å². The van der Waals surface area contributed by atoms with Crippen molar-refractivity contribution in [1.82, 2.24) is 9.05 Å². The van der Waals surface area contributed by atoms with Gasteiger partial charge in [0.2, 0.25) is 0 Å². The maximum Gasteiger partial charge on any atom is 0.375 e. The number of rotatable bonds is 3. The minimum atomic E-state index is -0.254. The van der Waals surface area contributed by atoms with E-state index >= 15 is 0 Å². The zero-order chi connectivity index (χ0) is 49.3. The molecule has 0 saturated carbocycles. The fraction of sp³-hybridized carbons (Fsp3) is 0.242. The summed E-state index contributed by atoms with van der Waals surface area (Å²) < 4.78 is 12.7. The van der Waals surface area contributed by atoms with Crippen molar-refractivity contribution in [3.63, 3.8) is 0 Å². The van der Waals surface area contributed by atoms with Crippen molar-refractivity contribution in [1.29, 1.82) is 0 Å². The monoisotopic (exact) mass is 923 g/mol. The van der Waals surface area contributed by atoms with Crippen molar-refractivity contribution < 1.29 is 4.42 Å². The van der Waals surface area contributed by atoms with E-state index in [-0.39, 0.29) is 28.5 Å². The van der Waals surface area contributed by atoms with Crippen molar-refractivity contribution >= 4 is 89.6 Å². The molecule has 350 valence electrons. The second-order valence-electron chi connectivity index (χ2n) is 24.7. The third kappa shape index (κ3) is 6.44. The Hall–Kier alpha value is -7.24. The minimum Gasteiger partial charge on any atom is -0.466 e. The van der Waals surface area contributed by atoms with Crippen molar-refractivity contribution in [2.24, 2.45) is 0 Å². The molecule has 8 aromatic carbocycles. The molecule has 0 unspecified atom stereocenters. The van der Waals surface area contributed by atoms with E-state index in [2.05, 4.69) is 255 Å². The van der Waals surface area contributed by atoms with E-state index in [0.29, 0.717) is 0 Å². The van der Waals surface area contributed by atoms with E-state index in [4.69, 9.17) is 4.42 Å². The summed E-state index contributed by atoms with van der Waals surface area (Å²) in [6.45, 7) is 27.6. The third-order valence-corrected chi connectivity index (χ3v) is 15.9. The fourth-order valence-corrected chi connectivity index (χ4v) is 12.0. The Morgan fingerprint density at radius 3 is 1.72 bits per heavy atom. The fourth-order valence-electron chi connectivity index (χ4n) is 12.0. The van der Waals surface area contributed by atoms with Crippen LogP contribution < -0.4 is 16.0 Å². The molecule has 0 atom stereocenters. The van der Waals surface area contributed by atoms with Crippen LogP contribution in [0.5, 0.6) is 0 Å². The molecule has 4 nitrogen and oxygen atoms in total. The molecule has 11 aromatic rings. The smallest absolute Gasteiger partial charge is 0.375 e. The number of fused-ring (bicyclic) bond motifs is 13. The van der Waals surface area contributed by atoms with Gasteiger partial charge in [-0.2, -0.15) is 0 Å². The van der Waals surface area contributed by atoms with Gasteiger partial charge < -0.3 is 18.4 Å². The van der Waals surface area contributed by atoms with Crippen LogP contribution in [0.1, 0.15) is 105 Å². The number of aromatic nitrogens is 2.